The molecular formula is C58H102NO7+. The fourth-order valence-corrected chi connectivity index (χ4v) is 7.74. The van der Waals surface area contributed by atoms with Gasteiger partial charge in [0.2, 0.25) is 0 Å². The van der Waals surface area contributed by atoms with Crippen LogP contribution in [0.4, 0.5) is 0 Å². The van der Waals surface area contributed by atoms with Crippen LogP contribution in [-0.4, -0.2) is 80.6 Å². The molecule has 0 spiro atoms. The number of carboxylic acid groups (broad SMARTS) is 1. The van der Waals surface area contributed by atoms with Gasteiger partial charge in [0, 0.05) is 19.3 Å². The minimum absolute atomic E-state index is 0.0493. The number of hydrogen-bond donors (Lipinski definition) is 1. The molecule has 0 aliphatic heterocycles. The number of hydrogen-bond acceptors (Lipinski definition) is 6. The maximum atomic E-state index is 12.8. The third kappa shape index (κ3) is 45.9. The lowest BCUT2D eigenvalue weighted by Crippen LogP contribution is -2.50. The lowest BCUT2D eigenvalue weighted by Gasteiger charge is -2.31. The van der Waals surface area contributed by atoms with Gasteiger partial charge in [-0.1, -0.05) is 215 Å². The van der Waals surface area contributed by atoms with Crippen LogP contribution in [0.15, 0.2) is 72.9 Å². The Morgan fingerprint density at radius 1 is 0.470 bits per heavy atom. The first-order chi connectivity index (χ1) is 32.1. The summed E-state index contributed by atoms with van der Waals surface area (Å²) in [6.07, 6.45) is 62.4. The highest BCUT2D eigenvalue weighted by Gasteiger charge is 2.31. The molecule has 0 saturated carbocycles. The Bertz CT molecular complexity index is 1310. The number of aliphatic carboxylic acids is 1. The van der Waals surface area contributed by atoms with Gasteiger partial charge in [-0.2, -0.15) is 0 Å². The second kappa shape index (κ2) is 48.2. The molecule has 2 atom stereocenters. The fourth-order valence-electron chi connectivity index (χ4n) is 7.74. The molecule has 1 N–H and O–H groups in total. The van der Waals surface area contributed by atoms with Crippen LogP contribution in [0.3, 0.4) is 0 Å². The zero-order chi connectivity index (χ0) is 48.4. The van der Waals surface area contributed by atoms with E-state index in [1.165, 1.54) is 109 Å². The highest BCUT2D eigenvalue weighted by atomic mass is 16.6. The number of unbranched alkanes of at least 4 members (excludes halogenated alkanes) is 22. The first-order valence-corrected chi connectivity index (χ1v) is 27.0. The van der Waals surface area contributed by atoms with Crippen molar-refractivity contribution in [3.63, 3.8) is 0 Å². The maximum Gasteiger partial charge on any atom is 0.362 e. The van der Waals surface area contributed by atoms with E-state index in [2.05, 4.69) is 86.8 Å². The van der Waals surface area contributed by atoms with Crippen LogP contribution >= 0.6 is 0 Å². The average Bonchev–Trinajstić information content (AvgIpc) is 3.28. The topological polar surface area (TPSA) is 99.1 Å². The van der Waals surface area contributed by atoms with E-state index in [9.17, 15) is 19.5 Å². The largest absolute Gasteiger partial charge is 0.477 e. The summed E-state index contributed by atoms with van der Waals surface area (Å²) in [5, 5.41) is 9.67. The molecule has 380 valence electrons. The Morgan fingerprint density at radius 2 is 0.848 bits per heavy atom. The minimum atomic E-state index is -0.879. The SMILES string of the molecule is CC/C=C/C/C=C/C/C=C/C/C=C/C/C=C/C/C=C/CCCCCC(=O)OCC(COCCC(C(=O)O)[N+](C)(C)C)OC(=O)CCCCCCCCCCCCCCCCCCCCCC. The van der Waals surface area contributed by atoms with E-state index in [1.54, 1.807) is 0 Å². The Labute approximate surface area is 406 Å². The van der Waals surface area contributed by atoms with E-state index in [0.717, 1.165) is 83.5 Å². The van der Waals surface area contributed by atoms with Crippen molar-refractivity contribution in [3.05, 3.63) is 72.9 Å². The van der Waals surface area contributed by atoms with Crippen molar-refractivity contribution < 1.29 is 38.2 Å². The van der Waals surface area contributed by atoms with Gasteiger partial charge < -0.3 is 23.8 Å². The minimum Gasteiger partial charge on any atom is -0.477 e. The van der Waals surface area contributed by atoms with Crippen molar-refractivity contribution in [1.82, 2.24) is 0 Å². The molecule has 0 fully saturated rings. The average molecular weight is 925 g/mol. The number of nitrogens with zero attached hydrogens (tertiary/aromatic N) is 1. The molecule has 0 aliphatic carbocycles. The Morgan fingerprint density at radius 3 is 1.26 bits per heavy atom. The third-order valence-corrected chi connectivity index (χ3v) is 11.9. The first kappa shape index (κ1) is 62.8. The zero-order valence-corrected chi connectivity index (χ0v) is 43.4. The second-order valence-corrected chi connectivity index (χ2v) is 19.1. The summed E-state index contributed by atoms with van der Waals surface area (Å²) in [5.74, 6) is -1.50. The van der Waals surface area contributed by atoms with Gasteiger partial charge in [-0.15, -0.1) is 0 Å². The molecule has 0 aromatic carbocycles. The maximum absolute atomic E-state index is 12.8. The summed E-state index contributed by atoms with van der Waals surface area (Å²) >= 11 is 0. The number of quaternary nitrogens is 1. The third-order valence-electron chi connectivity index (χ3n) is 11.9. The Kier molecular flexibility index (Phi) is 45.9. The summed E-state index contributed by atoms with van der Waals surface area (Å²) in [4.78, 5) is 37.2. The van der Waals surface area contributed by atoms with Crippen LogP contribution in [0.5, 0.6) is 0 Å². The quantitative estimate of drug-likeness (QED) is 0.0281. The van der Waals surface area contributed by atoms with Crippen LogP contribution in [-0.2, 0) is 28.6 Å². The van der Waals surface area contributed by atoms with Crippen LogP contribution < -0.4 is 0 Å². The Balaban J connectivity index is 4.28. The Hall–Kier alpha value is -3.23. The summed E-state index contributed by atoms with van der Waals surface area (Å²) in [6.45, 7) is 4.61. The fraction of sp³-hybridized carbons (Fsp3) is 0.741. The number of carbonyl (C=O) groups is 3. The molecular weight excluding hydrogens is 823 g/mol. The zero-order valence-electron chi connectivity index (χ0n) is 43.4. The van der Waals surface area contributed by atoms with E-state index >= 15 is 0 Å². The standard InChI is InChI=1S/C58H101NO7/c1-6-8-10-12-14-16-18-20-22-24-26-28-29-31-32-34-36-38-40-42-44-46-48-56(60)65-53-54(52-64-51-50-55(58(62)63)59(3,4)5)66-57(61)49-47-45-43-41-39-37-35-33-30-27-25-23-21-19-17-15-13-11-9-7-2/h8,10,14,16,20,22,26,28,31-32,36,38,54-55H,6-7,9,11-13,15,17-19,21,23-25,27,29-30,33-35,37,39-53H2,1-5H3/p+1/b10-8+,16-14+,22-20+,28-26+,32-31+,38-36+. The molecule has 8 nitrogen and oxygen atoms in total. The van der Waals surface area contributed by atoms with Crippen molar-refractivity contribution in [3.8, 4) is 0 Å². The smallest absolute Gasteiger partial charge is 0.362 e. The van der Waals surface area contributed by atoms with Gasteiger partial charge in [0.15, 0.2) is 12.1 Å². The number of likely N-dealkylation sites (N-methyl/N-ethyl adjacent to an activating group) is 1. The first-order valence-electron chi connectivity index (χ1n) is 27.0. The van der Waals surface area contributed by atoms with Crippen LogP contribution in [0.1, 0.15) is 226 Å². The van der Waals surface area contributed by atoms with Crippen molar-refractivity contribution >= 4 is 17.9 Å². The molecule has 0 aromatic rings. The summed E-state index contributed by atoms with van der Waals surface area (Å²) < 4.78 is 17.4. The molecule has 0 bridgehead atoms. The molecule has 2 unspecified atom stereocenters. The molecule has 0 amide bonds. The monoisotopic (exact) mass is 925 g/mol. The van der Waals surface area contributed by atoms with Crippen molar-refractivity contribution in [2.24, 2.45) is 0 Å². The predicted octanol–water partition coefficient (Wildman–Crippen LogP) is 15.9. The highest BCUT2D eigenvalue weighted by molar-refractivity contribution is 5.72. The molecule has 0 heterocycles. The molecule has 0 aromatic heterocycles. The van der Waals surface area contributed by atoms with E-state index in [1.807, 2.05) is 21.1 Å². The molecule has 0 radical (unpaired) electrons. The number of ether oxygens (including phenoxy) is 3. The molecule has 8 heteroatoms. The van der Waals surface area contributed by atoms with Crippen molar-refractivity contribution in [2.45, 2.75) is 238 Å². The summed E-state index contributed by atoms with van der Waals surface area (Å²) in [5.41, 5.74) is 0. The van der Waals surface area contributed by atoms with Crippen LogP contribution in [0, 0.1) is 0 Å². The predicted molar refractivity (Wildman–Crippen MR) is 280 cm³/mol. The van der Waals surface area contributed by atoms with Gasteiger partial charge >= 0.3 is 17.9 Å². The van der Waals surface area contributed by atoms with E-state index in [4.69, 9.17) is 14.2 Å². The molecule has 0 aliphatic rings. The van der Waals surface area contributed by atoms with Gasteiger partial charge in [-0.05, 0) is 64.2 Å². The van der Waals surface area contributed by atoms with Gasteiger partial charge in [-0.25, -0.2) is 4.79 Å². The lowest BCUT2D eigenvalue weighted by atomic mass is 10.0. The second-order valence-electron chi connectivity index (χ2n) is 19.1. The number of esters is 2. The van der Waals surface area contributed by atoms with Gasteiger partial charge in [0.1, 0.15) is 6.61 Å². The molecule has 0 rings (SSSR count). The number of carbonyl (C=O) groups excluding carboxylic acids is 2. The van der Waals surface area contributed by atoms with E-state index in [0.29, 0.717) is 19.3 Å². The summed E-state index contributed by atoms with van der Waals surface area (Å²) in [7, 11) is 5.53. The van der Waals surface area contributed by atoms with Crippen molar-refractivity contribution in [2.75, 3.05) is 41.0 Å². The lowest BCUT2D eigenvalue weighted by molar-refractivity contribution is -0.887. The van der Waals surface area contributed by atoms with Crippen LogP contribution in [0.25, 0.3) is 0 Å². The number of rotatable bonds is 48. The molecule has 0 saturated heterocycles. The van der Waals surface area contributed by atoms with Crippen molar-refractivity contribution in [1.29, 1.82) is 0 Å². The normalized spacial score (nSPS) is 13.4. The van der Waals surface area contributed by atoms with Gasteiger partial charge in [0.05, 0.1) is 34.4 Å². The molecule has 66 heavy (non-hydrogen) atoms. The summed E-state index contributed by atoms with van der Waals surface area (Å²) in [6, 6.07) is -0.623. The highest BCUT2D eigenvalue weighted by Crippen LogP contribution is 2.16. The van der Waals surface area contributed by atoms with Gasteiger partial charge in [-0.3, -0.25) is 9.59 Å². The van der Waals surface area contributed by atoms with Gasteiger partial charge in [0.25, 0.3) is 0 Å². The van der Waals surface area contributed by atoms with E-state index in [-0.39, 0.29) is 36.2 Å². The van der Waals surface area contributed by atoms with Crippen LogP contribution in [0.2, 0.25) is 0 Å². The van der Waals surface area contributed by atoms with E-state index < -0.39 is 18.1 Å². The number of carboxylic acids is 1. The number of allylic oxidation sites excluding steroid dienone is 12.